The van der Waals surface area contributed by atoms with Crippen LogP contribution < -0.4 is 5.32 Å². The second-order valence-corrected chi connectivity index (χ2v) is 7.64. The van der Waals surface area contributed by atoms with E-state index in [1.165, 1.54) is 12.8 Å². The summed E-state index contributed by atoms with van der Waals surface area (Å²) in [4.78, 5) is 31.3. The van der Waals surface area contributed by atoms with Gasteiger partial charge in [0.2, 0.25) is 11.8 Å². The highest BCUT2D eigenvalue weighted by molar-refractivity contribution is 5.89. The van der Waals surface area contributed by atoms with Crippen molar-refractivity contribution in [3.05, 3.63) is 29.6 Å². The van der Waals surface area contributed by atoms with E-state index < -0.39 is 0 Å². The number of imidazole rings is 1. The highest BCUT2D eigenvalue weighted by atomic mass is 16.2. The molecule has 2 heterocycles. The first kappa shape index (κ1) is 17.1. The average molecular weight is 354 g/mol. The zero-order valence-corrected chi connectivity index (χ0v) is 15.5. The molecule has 0 unspecified atom stereocenters. The molecule has 6 heteroatoms. The van der Waals surface area contributed by atoms with E-state index in [4.69, 9.17) is 0 Å². The average Bonchev–Trinajstić information content (AvgIpc) is 3.33. The summed E-state index contributed by atoms with van der Waals surface area (Å²) in [7, 11) is 2.00. The van der Waals surface area contributed by atoms with Crippen molar-refractivity contribution in [3.63, 3.8) is 0 Å². The lowest BCUT2D eigenvalue weighted by Gasteiger charge is -2.23. The lowest BCUT2D eigenvalue weighted by Crippen LogP contribution is -2.36. The number of hydrogen-bond donors (Lipinski definition) is 1. The van der Waals surface area contributed by atoms with Crippen molar-refractivity contribution in [1.82, 2.24) is 19.8 Å². The van der Waals surface area contributed by atoms with Gasteiger partial charge in [-0.15, -0.1) is 0 Å². The number of carbonyl (C=O) groups is 2. The molecule has 2 fully saturated rings. The SMILES string of the molecule is Cc1nc2cc(CNC(=O)[C@H]3CC(=O)N(C4CCCC4)C3)ccc2n1C. The number of benzene rings is 1. The molecule has 2 aliphatic rings. The second kappa shape index (κ2) is 6.74. The molecule has 0 bridgehead atoms. The molecule has 1 aliphatic carbocycles. The van der Waals surface area contributed by atoms with Gasteiger partial charge in [0, 0.05) is 32.6 Å². The molecular weight excluding hydrogens is 328 g/mol. The second-order valence-electron chi connectivity index (χ2n) is 7.64. The fourth-order valence-electron chi connectivity index (χ4n) is 4.29. The Hall–Kier alpha value is -2.37. The molecule has 6 nitrogen and oxygen atoms in total. The summed E-state index contributed by atoms with van der Waals surface area (Å²) in [5.41, 5.74) is 3.06. The fourth-order valence-corrected chi connectivity index (χ4v) is 4.29. The largest absolute Gasteiger partial charge is 0.352 e. The van der Waals surface area contributed by atoms with E-state index >= 15 is 0 Å². The highest BCUT2D eigenvalue weighted by Crippen LogP contribution is 2.29. The number of aromatic nitrogens is 2. The molecule has 2 aromatic rings. The minimum absolute atomic E-state index is 0.0175. The Morgan fingerprint density at radius 2 is 2.08 bits per heavy atom. The van der Waals surface area contributed by atoms with E-state index in [0.717, 1.165) is 35.3 Å². The van der Waals surface area contributed by atoms with E-state index in [1.54, 1.807) is 0 Å². The number of nitrogens with one attached hydrogen (secondary N) is 1. The van der Waals surface area contributed by atoms with Gasteiger partial charge in [-0.2, -0.15) is 0 Å². The van der Waals surface area contributed by atoms with Crippen molar-refractivity contribution in [2.45, 2.75) is 51.6 Å². The lowest BCUT2D eigenvalue weighted by molar-refractivity contribution is -0.130. The molecule has 0 radical (unpaired) electrons. The molecule has 1 atom stereocenters. The van der Waals surface area contributed by atoms with Crippen LogP contribution >= 0.6 is 0 Å². The molecule has 138 valence electrons. The van der Waals surface area contributed by atoms with Crippen molar-refractivity contribution < 1.29 is 9.59 Å². The van der Waals surface area contributed by atoms with Crippen LogP contribution in [-0.4, -0.2) is 38.9 Å². The Balaban J connectivity index is 1.37. The minimum Gasteiger partial charge on any atom is -0.352 e. The van der Waals surface area contributed by atoms with Crippen LogP contribution in [0.5, 0.6) is 0 Å². The van der Waals surface area contributed by atoms with Gasteiger partial charge in [-0.05, 0) is 37.5 Å². The van der Waals surface area contributed by atoms with Crippen LogP contribution in [0.15, 0.2) is 18.2 Å². The van der Waals surface area contributed by atoms with Crippen LogP contribution in [0.4, 0.5) is 0 Å². The molecule has 26 heavy (non-hydrogen) atoms. The Morgan fingerprint density at radius 1 is 1.31 bits per heavy atom. The number of carbonyl (C=O) groups excluding carboxylic acids is 2. The van der Waals surface area contributed by atoms with Crippen molar-refractivity contribution in [2.75, 3.05) is 6.54 Å². The van der Waals surface area contributed by atoms with Crippen LogP contribution in [-0.2, 0) is 23.2 Å². The summed E-state index contributed by atoms with van der Waals surface area (Å²) in [6.45, 7) is 3.03. The zero-order valence-electron chi connectivity index (χ0n) is 15.5. The molecule has 0 spiro atoms. The standard InChI is InChI=1S/C20H26N4O2/c1-13-22-17-9-14(7-8-18(17)23(13)2)11-21-20(26)15-10-19(25)24(12-15)16-5-3-4-6-16/h7-9,15-16H,3-6,10-12H2,1-2H3,(H,21,26)/t15-/m0/s1. The molecule has 1 aromatic heterocycles. The summed E-state index contributed by atoms with van der Waals surface area (Å²) in [6, 6.07) is 6.44. The van der Waals surface area contributed by atoms with E-state index in [9.17, 15) is 9.59 Å². The summed E-state index contributed by atoms with van der Waals surface area (Å²) >= 11 is 0. The normalized spacial score (nSPS) is 21.1. The minimum atomic E-state index is -0.219. The summed E-state index contributed by atoms with van der Waals surface area (Å²) in [5.74, 6) is 0.875. The van der Waals surface area contributed by atoms with Crippen molar-refractivity contribution in [2.24, 2.45) is 13.0 Å². The number of amides is 2. The molecule has 1 aliphatic heterocycles. The topological polar surface area (TPSA) is 67.2 Å². The number of rotatable bonds is 4. The lowest BCUT2D eigenvalue weighted by atomic mass is 10.1. The number of hydrogen-bond acceptors (Lipinski definition) is 3. The van der Waals surface area contributed by atoms with Crippen molar-refractivity contribution >= 4 is 22.8 Å². The third kappa shape index (κ3) is 3.08. The first-order valence-electron chi connectivity index (χ1n) is 9.52. The van der Waals surface area contributed by atoms with Gasteiger partial charge >= 0.3 is 0 Å². The summed E-state index contributed by atoms with van der Waals surface area (Å²) in [5, 5.41) is 3.01. The highest BCUT2D eigenvalue weighted by Gasteiger charge is 2.38. The first-order valence-corrected chi connectivity index (χ1v) is 9.52. The molecular formula is C20H26N4O2. The predicted molar refractivity (Wildman–Crippen MR) is 99.4 cm³/mol. The Labute approximate surface area is 153 Å². The maximum atomic E-state index is 12.5. The van der Waals surface area contributed by atoms with Crippen LogP contribution in [0.3, 0.4) is 0 Å². The van der Waals surface area contributed by atoms with Crippen LogP contribution in [0, 0.1) is 12.8 Å². The van der Waals surface area contributed by atoms with Crippen molar-refractivity contribution in [3.8, 4) is 0 Å². The monoisotopic (exact) mass is 354 g/mol. The van der Waals surface area contributed by atoms with E-state index in [0.29, 0.717) is 25.6 Å². The first-order chi connectivity index (χ1) is 12.5. The number of fused-ring (bicyclic) bond motifs is 1. The van der Waals surface area contributed by atoms with Gasteiger partial charge in [-0.1, -0.05) is 18.9 Å². The third-order valence-corrected chi connectivity index (χ3v) is 5.93. The smallest absolute Gasteiger partial charge is 0.225 e. The maximum Gasteiger partial charge on any atom is 0.225 e. The van der Waals surface area contributed by atoms with E-state index in [2.05, 4.69) is 14.9 Å². The van der Waals surface area contributed by atoms with Gasteiger partial charge in [-0.25, -0.2) is 4.98 Å². The van der Waals surface area contributed by atoms with Crippen LogP contribution in [0.25, 0.3) is 11.0 Å². The van der Waals surface area contributed by atoms with Gasteiger partial charge < -0.3 is 14.8 Å². The molecule has 2 amide bonds. The quantitative estimate of drug-likeness (QED) is 0.916. The van der Waals surface area contributed by atoms with Gasteiger partial charge in [0.1, 0.15) is 5.82 Å². The van der Waals surface area contributed by atoms with Crippen LogP contribution in [0.1, 0.15) is 43.5 Å². The number of nitrogens with zero attached hydrogens (tertiary/aromatic N) is 3. The number of likely N-dealkylation sites (tertiary alicyclic amines) is 1. The molecule has 1 saturated heterocycles. The third-order valence-electron chi connectivity index (χ3n) is 5.93. The molecule has 1 aromatic carbocycles. The molecule has 4 rings (SSSR count). The Bertz CT molecular complexity index is 851. The fraction of sp³-hybridized carbons (Fsp3) is 0.550. The van der Waals surface area contributed by atoms with Crippen molar-refractivity contribution in [1.29, 1.82) is 0 Å². The van der Waals surface area contributed by atoms with Gasteiger partial charge in [0.05, 0.1) is 17.0 Å². The van der Waals surface area contributed by atoms with Gasteiger partial charge in [-0.3, -0.25) is 9.59 Å². The van der Waals surface area contributed by atoms with Gasteiger partial charge in [0.25, 0.3) is 0 Å². The molecule has 1 saturated carbocycles. The molecule has 1 N–H and O–H groups in total. The Kier molecular flexibility index (Phi) is 4.42. The number of aryl methyl sites for hydroxylation is 2. The summed E-state index contributed by atoms with van der Waals surface area (Å²) in [6.07, 6.45) is 4.91. The predicted octanol–water partition coefficient (Wildman–Crippen LogP) is 2.29. The zero-order chi connectivity index (χ0) is 18.3. The van der Waals surface area contributed by atoms with Crippen LogP contribution in [0.2, 0.25) is 0 Å². The van der Waals surface area contributed by atoms with E-state index in [1.807, 2.05) is 37.1 Å². The van der Waals surface area contributed by atoms with Gasteiger partial charge in [0.15, 0.2) is 0 Å². The Morgan fingerprint density at radius 3 is 2.85 bits per heavy atom. The van der Waals surface area contributed by atoms with E-state index in [-0.39, 0.29) is 17.7 Å². The maximum absolute atomic E-state index is 12.5. The summed E-state index contributed by atoms with van der Waals surface area (Å²) < 4.78 is 2.06.